The quantitative estimate of drug-likeness (QED) is 0.822. The van der Waals surface area contributed by atoms with E-state index in [1.165, 1.54) is 32.1 Å². The maximum Gasteiger partial charge on any atom is 0.225 e. The summed E-state index contributed by atoms with van der Waals surface area (Å²) in [4.78, 5) is 10.8. The highest BCUT2D eigenvalue weighted by Gasteiger charge is 2.20. The highest BCUT2D eigenvalue weighted by Crippen LogP contribution is 2.24. The molecule has 0 bridgehead atoms. The minimum Gasteiger partial charge on any atom is -0.341 e. The Balaban J connectivity index is 1.84. The molecule has 1 saturated heterocycles. The van der Waals surface area contributed by atoms with Gasteiger partial charge in [-0.15, -0.1) is 0 Å². The van der Waals surface area contributed by atoms with Gasteiger partial charge in [-0.2, -0.15) is 0 Å². The van der Waals surface area contributed by atoms with E-state index < -0.39 is 0 Å². The number of hydrogen-bond donors (Lipinski definition) is 0. The molecular formula is C13H20ClN3. The summed E-state index contributed by atoms with van der Waals surface area (Å²) < 4.78 is 0. The molecule has 2 heterocycles. The lowest BCUT2D eigenvalue weighted by Gasteiger charge is -2.31. The van der Waals surface area contributed by atoms with E-state index in [-0.39, 0.29) is 0 Å². The molecule has 0 N–H and O–H groups in total. The van der Waals surface area contributed by atoms with Gasteiger partial charge in [0.2, 0.25) is 5.95 Å². The van der Waals surface area contributed by atoms with Gasteiger partial charge >= 0.3 is 0 Å². The summed E-state index contributed by atoms with van der Waals surface area (Å²) in [5.41, 5.74) is 0. The standard InChI is InChI=1S/C13H20ClN3/c1-2-3-4-11-5-7-17(8-6-11)13-15-9-12(14)10-16-13/h9-11H,2-8H2,1H3. The molecule has 0 radical (unpaired) electrons. The molecule has 2 rings (SSSR count). The van der Waals surface area contributed by atoms with Crippen LogP contribution in [0.4, 0.5) is 5.95 Å². The van der Waals surface area contributed by atoms with Crippen molar-refractivity contribution in [3.63, 3.8) is 0 Å². The van der Waals surface area contributed by atoms with Crippen molar-refractivity contribution in [3.05, 3.63) is 17.4 Å². The van der Waals surface area contributed by atoms with Crippen LogP contribution in [0.2, 0.25) is 5.02 Å². The maximum atomic E-state index is 5.79. The Morgan fingerprint density at radius 1 is 1.29 bits per heavy atom. The predicted molar refractivity (Wildman–Crippen MR) is 71.5 cm³/mol. The van der Waals surface area contributed by atoms with E-state index in [9.17, 15) is 0 Å². The monoisotopic (exact) mass is 253 g/mol. The molecule has 0 saturated carbocycles. The van der Waals surface area contributed by atoms with Crippen LogP contribution in [0.15, 0.2) is 12.4 Å². The molecule has 0 aliphatic carbocycles. The summed E-state index contributed by atoms with van der Waals surface area (Å²) in [6, 6.07) is 0. The first kappa shape index (κ1) is 12.6. The van der Waals surface area contributed by atoms with Crippen LogP contribution < -0.4 is 4.90 Å². The van der Waals surface area contributed by atoms with Crippen LogP contribution in [0, 0.1) is 5.92 Å². The van der Waals surface area contributed by atoms with Crippen molar-refractivity contribution in [3.8, 4) is 0 Å². The molecule has 0 atom stereocenters. The lowest BCUT2D eigenvalue weighted by atomic mass is 9.92. The normalized spacial score (nSPS) is 17.4. The Morgan fingerprint density at radius 2 is 1.94 bits per heavy atom. The molecule has 0 aromatic carbocycles. The van der Waals surface area contributed by atoms with Gasteiger partial charge in [0.05, 0.1) is 17.4 Å². The van der Waals surface area contributed by atoms with E-state index in [1.807, 2.05) is 0 Å². The molecule has 1 aliphatic heterocycles. The van der Waals surface area contributed by atoms with Crippen molar-refractivity contribution in [2.24, 2.45) is 5.92 Å². The Bertz CT molecular complexity index is 331. The molecule has 1 aromatic rings. The molecule has 1 aromatic heterocycles. The molecule has 0 unspecified atom stereocenters. The van der Waals surface area contributed by atoms with Crippen molar-refractivity contribution in [2.75, 3.05) is 18.0 Å². The van der Waals surface area contributed by atoms with Crippen molar-refractivity contribution in [1.82, 2.24) is 9.97 Å². The third-order valence-corrected chi connectivity index (χ3v) is 3.67. The SMILES string of the molecule is CCCCC1CCN(c2ncc(Cl)cn2)CC1. The first-order chi connectivity index (χ1) is 8.29. The largest absolute Gasteiger partial charge is 0.341 e. The fourth-order valence-electron chi connectivity index (χ4n) is 2.38. The van der Waals surface area contributed by atoms with Crippen LogP contribution in [0.3, 0.4) is 0 Å². The van der Waals surface area contributed by atoms with Crippen LogP contribution in [0.25, 0.3) is 0 Å². The lowest BCUT2D eigenvalue weighted by molar-refractivity contribution is 0.369. The topological polar surface area (TPSA) is 29.0 Å². The van der Waals surface area contributed by atoms with Gasteiger partial charge in [-0.25, -0.2) is 9.97 Å². The first-order valence-electron chi connectivity index (χ1n) is 6.52. The fraction of sp³-hybridized carbons (Fsp3) is 0.692. The number of hydrogen-bond acceptors (Lipinski definition) is 3. The van der Waals surface area contributed by atoms with E-state index in [4.69, 9.17) is 11.6 Å². The average molecular weight is 254 g/mol. The number of anilines is 1. The van der Waals surface area contributed by atoms with Crippen LogP contribution in [-0.2, 0) is 0 Å². The molecule has 17 heavy (non-hydrogen) atoms. The maximum absolute atomic E-state index is 5.79. The van der Waals surface area contributed by atoms with Crippen molar-refractivity contribution < 1.29 is 0 Å². The lowest BCUT2D eigenvalue weighted by Crippen LogP contribution is -2.34. The minimum atomic E-state index is 0.603. The second-order valence-corrected chi connectivity index (χ2v) is 5.21. The van der Waals surface area contributed by atoms with E-state index in [0.717, 1.165) is 25.0 Å². The number of piperidine rings is 1. The van der Waals surface area contributed by atoms with Crippen molar-refractivity contribution >= 4 is 17.5 Å². The van der Waals surface area contributed by atoms with E-state index in [0.29, 0.717) is 5.02 Å². The summed E-state index contributed by atoms with van der Waals surface area (Å²) in [6.45, 7) is 4.42. The van der Waals surface area contributed by atoms with Gasteiger partial charge in [0.25, 0.3) is 0 Å². The van der Waals surface area contributed by atoms with E-state index in [1.54, 1.807) is 12.4 Å². The summed E-state index contributed by atoms with van der Waals surface area (Å²) in [7, 11) is 0. The molecule has 0 spiro atoms. The minimum absolute atomic E-state index is 0.603. The number of aromatic nitrogens is 2. The zero-order valence-corrected chi connectivity index (χ0v) is 11.2. The van der Waals surface area contributed by atoms with Crippen LogP contribution in [0.5, 0.6) is 0 Å². The van der Waals surface area contributed by atoms with Crippen molar-refractivity contribution in [2.45, 2.75) is 39.0 Å². The Kier molecular flexibility index (Phi) is 4.60. The number of unbranched alkanes of at least 4 members (excludes halogenated alkanes) is 1. The second-order valence-electron chi connectivity index (χ2n) is 4.77. The zero-order valence-electron chi connectivity index (χ0n) is 10.4. The third kappa shape index (κ3) is 3.56. The van der Waals surface area contributed by atoms with Crippen LogP contribution in [-0.4, -0.2) is 23.1 Å². The summed E-state index contributed by atoms with van der Waals surface area (Å²) in [6.07, 6.45) is 9.94. The summed E-state index contributed by atoms with van der Waals surface area (Å²) >= 11 is 5.79. The number of rotatable bonds is 4. The molecular weight excluding hydrogens is 234 g/mol. The van der Waals surface area contributed by atoms with Gasteiger partial charge < -0.3 is 4.90 Å². The van der Waals surface area contributed by atoms with Crippen molar-refractivity contribution in [1.29, 1.82) is 0 Å². The molecule has 1 fully saturated rings. The number of halogens is 1. The summed E-state index contributed by atoms with van der Waals surface area (Å²) in [5.74, 6) is 1.72. The van der Waals surface area contributed by atoms with Gasteiger partial charge in [0, 0.05) is 13.1 Å². The van der Waals surface area contributed by atoms with E-state index in [2.05, 4.69) is 21.8 Å². The Morgan fingerprint density at radius 3 is 2.53 bits per heavy atom. The first-order valence-corrected chi connectivity index (χ1v) is 6.90. The van der Waals surface area contributed by atoms with Crippen LogP contribution in [0.1, 0.15) is 39.0 Å². The highest BCUT2D eigenvalue weighted by molar-refractivity contribution is 6.30. The van der Waals surface area contributed by atoms with Gasteiger partial charge in [0.15, 0.2) is 0 Å². The fourth-order valence-corrected chi connectivity index (χ4v) is 2.48. The highest BCUT2D eigenvalue weighted by atomic mass is 35.5. The van der Waals surface area contributed by atoms with Crippen LogP contribution >= 0.6 is 11.6 Å². The second kappa shape index (κ2) is 6.20. The van der Waals surface area contributed by atoms with Gasteiger partial charge in [0.1, 0.15) is 0 Å². The smallest absolute Gasteiger partial charge is 0.225 e. The molecule has 1 aliphatic rings. The van der Waals surface area contributed by atoms with Gasteiger partial charge in [-0.3, -0.25) is 0 Å². The van der Waals surface area contributed by atoms with Gasteiger partial charge in [-0.05, 0) is 18.8 Å². The third-order valence-electron chi connectivity index (χ3n) is 3.47. The zero-order chi connectivity index (χ0) is 12.1. The molecule has 4 heteroatoms. The average Bonchev–Trinajstić information content (AvgIpc) is 2.38. The van der Waals surface area contributed by atoms with Gasteiger partial charge in [-0.1, -0.05) is 37.8 Å². The van der Waals surface area contributed by atoms with E-state index >= 15 is 0 Å². The Hall–Kier alpha value is -0.830. The molecule has 3 nitrogen and oxygen atoms in total. The molecule has 94 valence electrons. The molecule has 0 amide bonds. The summed E-state index contributed by atoms with van der Waals surface area (Å²) in [5, 5.41) is 0.603. The number of nitrogens with zero attached hydrogens (tertiary/aromatic N) is 3. The Labute approximate surface area is 108 Å². The predicted octanol–water partition coefficient (Wildman–Crippen LogP) is 3.54.